The first-order valence-corrected chi connectivity index (χ1v) is 6.39. The molecule has 1 atom stereocenters. The SMILES string of the molecule is CN1CCCC1CNCc1ccc(CO)cc1. The standard InChI is InChI=1S/C14H22N2O/c1-16-8-2-3-14(16)10-15-9-12-4-6-13(11-17)7-5-12/h4-7,14-15,17H,2-3,8-11H2,1H3. The first kappa shape index (κ1) is 12.6. The Morgan fingerprint density at radius 1 is 1.29 bits per heavy atom. The van der Waals surface area contributed by atoms with Crippen molar-refractivity contribution in [2.45, 2.75) is 32.0 Å². The molecule has 2 rings (SSSR count). The van der Waals surface area contributed by atoms with Gasteiger partial charge < -0.3 is 15.3 Å². The Balaban J connectivity index is 1.73. The summed E-state index contributed by atoms with van der Waals surface area (Å²) in [6.45, 7) is 3.34. The third kappa shape index (κ3) is 3.53. The number of aliphatic hydroxyl groups is 1. The average molecular weight is 234 g/mol. The highest BCUT2D eigenvalue weighted by Crippen LogP contribution is 2.13. The van der Waals surface area contributed by atoms with Crippen LogP contribution in [0.4, 0.5) is 0 Å². The molecule has 0 aliphatic carbocycles. The van der Waals surface area contributed by atoms with E-state index in [-0.39, 0.29) is 6.61 Å². The van der Waals surface area contributed by atoms with Crippen LogP contribution in [-0.2, 0) is 13.2 Å². The molecule has 0 bridgehead atoms. The van der Waals surface area contributed by atoms with Crippen molar-refractivity contribution in [3.8, 4) is 0 Å². The maximum Gasteiger partial charge on any atom is 0.0681 e. The molecule has 0 saturated carbocycles. The minimum atomic E-state index is 0.126. The molecule has 0 radical (unpaired) electrons. The minimum absolute atomic E-state index is 0.126. The van der Waals surface area contributed by atoms with E-state index >= 15 is 0 Å². The number of nitrogens with one attached hydrogen (secondary N) is 1. The number of rotatable bonds is 5. The quantitative estimate of drug-likeness (QED) is 0.807. The lowest BCUT2D eigenvalue weighted by molar-refractivity contribution is 0.282. The first-order valence-electron chi connectivity index (χ1n) is 6.39. The molecule has 94 valence electrons. The first-order chi connectivity index (χ1) is 8.29. The molecule has 1 fully saturated rings. The van der Waals surface area contributed by atoms with Gasteiger partial charge in [-0.15, -0.1) is 0 Å². The van der Waals surface area contributed by atoms with Crippen LogP contribution in [0, 0.1) is 0 Å². The predicted octanol–water partition coefficient (Wildman–Crippen LogP) is 1.36. The summed E-state index contributed by atoms with van der Waals surface area (Å²) in [7, 11) is 2.20. The van der Waals surface area contributed by atoms with Crippen LogP contribution in [-0.4, -0.2) is 36.2 Å². The van der Waals surface area contributed by atoms with Crippen molar-refractivity contribution >= 4 is 0 Å². The van der Waals surface area contributed by atoms with Crippen LogP contribution in [0.5, 0.6) is 0 Å². The summed E-state index contributed by atoms with van der Waals surface area (Å²) in [6.07, 6.45) is 2.64. The molecule has 1 aliphatic heterocycles. The van der Waals surface area contributed by atoms with Crippen LogP contribution in [0.3, 0.4) is 0 Å². The van der Waals surface area contributed by atoms with E-state index in [4.69, 9.17) is 5.11 Å². The number of likely N-dealkylation sites (N-methyl/N-ethyl adjacent to an activating group) is 1. The van der Waals surface area contributed by atoms with E-state index in [1.807, 2.05) is 12.1 Å². The van der Waals surface area contributed by atoms with Gasteiger partial charge in [-0.1, -0.05) is 24.3 Å². The van der Waals surface area contributed by atoms with E-state index in [1.165, 1.54) is 24.9 Å². The largest absolute Gasteiger partial charge is 0.392 e. The van der Waals surface area contributed by atoms with Crippen molar-refractivity contribution in [2.24, 2.45) is 0 Å². The van der Waals surface area contributed by atoms with Gasteiger partial charge in [-0.3, -0.25) is 0 Å². The Morgan fingerprint density at radius 3 is 2.59 bits per heavy atom. The second-order valence-electron chi connectivity index (χ2n) is 4.88. The molecule has 2 N–H and O–H groups in total. The average Bonchev–Trinajstić information content (AvgIpc) is 2.76. The van der Waals surface area contributed by atoms with E-state index in [2.05, 4.69) is 29.4 Å². The van der Waals surface area contributed by atoms with E-state index < -0.39 is 0 Å². The molecule has 3 heteroatoms. The van der Waals surface area contributed by atoms with Crippen molar-refractivity contribution in [1.29, 1.82) is 0 Å². The summed E-state index contributed by atoms with van der Waals surface area (Å²) in [5, 5.41) is 12.5. The highest BCUT2D eigenvalue weighted by Gasteiger charge is 2.19. The van der Waals surface area contributed by atoms with Gasteiger partial charge in [0.25, 0.3) is 0 Å². The fraction of sp³-hybridized carbons (Fsp3) is 0.571. The van der Waals surface area contributed by atoms with Crippen molar-refractivity contribution in [3.63, 3.8) is 0 Å². The lowest BCUT2D eigenvalue weighted by Crippen LogP contribution is -2.35. The van der Waals surface area contributed by atoms with Gasteiger partial charge in [-0.05, 0) is 37.6 Å². The molecule has 1 aromatic rings. The molecule has 1 unspecified atom stereocenters. The predicted molar refractivity (Wildman–Crippen MR) is 69.7 cm³/mol. The van der Waals surface area contributed by atoms with E-state index in [0.29, 0.717) is 6.04 Å². The maximum atomic E-state index is 8.96. The topological polar surface area (TPSA) is 35.5 Å². The molecular formula is C14H22N2O. The van der Waals surface area contributed by atoms with Gasteiger partial charge in [0.15, 0.2) is 0 Å². The van der Waals surface area contributed by atoms with Crippen molar-refractivity contribution in [1.82, 2.24) is 10.2 Å². The number of hydrogen-bond acceptors (Lipinski definition) is 3. The van der Waals surface area contributed by atoms with Gasteiger partial charge in [-0.2, -0.15) is 0 Å². The van der Waals surface area contributed by atoms with Crippen molar-refractivity contribution in [3.05, 3.63) is 35.4 Å². The summed E-state index contributed by atoms with van der Waals surface area (Å²) < 4.78 is 0. The Morgan fingerprint density at radius 2 is 2.00 bits per heavy atom. The molecule has 0 spiro atoms. The summed E-state index contributed by atoms with van der Waals surface area (Å²) in [5.74, 6) is 0. The van der Waals surface area contributed by atoms with Gasteiger partial charge in [-0.25, -0.2) is 0 Å². The lowest BCUT2D eigenvalue weighted by Gasteiger charge is -2.19. The van der Waals surface area contributed by atoms with Gasteiger partial charge in [0.05, 0.1) is 6.61 Å². The molecule has 1 saturated heterocycles. The van der Waals surface area contributed by atoms with Gasteiger partial charge in [0.1, 0.15) is 0 Å². The second-order valence-corrected chi connectivity index (χ2v) is 4.88. The Hall–Kier alpha value is -0.900. The van der Waals surface area contributed by atoms with Crippen LogP contribution in [0.1, 0.15) is 24.0 Å². The minimum Gasteiger partial charge on any atom is -0.392 e. The Bertz CT molecular complexity index is 337. The Kier molecular flexibility index (Phi) is 4.54. The van der Waals surface area contributed by atoms with Crippen molar-refractivity contribution in [2.75, 3.05) is 20.1 Å². The molecule has 3 nitrogen and oxygen atoms in total. The third-order valence-corrected chi connectivity index (χ3v) is 3.59. The van der Waals surface area contributed by atoms with Gasteiger partial charge >= 0.3 is 0 Å². The van der Waals surface area contributed by atoms with Gasteiger partial charge in [0, 0.05) is 19.1 Å². The highest BCUT2D eigenvalue weighted by molar-refractivity contribution is 5.21. The maximum absolute atomic E-state index is 8.96. The number of benzene rings is 1. The summed E-state index contributed by atoms with van der Waals surface area (Å²) in [4.78, 5) is 2.43. The highest BCUT2D eigenvalue weighted by atomic mass is 16.3. The molecule has 1 aliphatic rings. The molecule has 1 aromatic carbocycles. The smallest absolute Gasteiger partial charge is 0.0681 e. The number of aliphatic hydroxyl groups excluding tert-OH is 1. The molecule has 17 heavy (non-hydrogen) atoms. The zero-order chi connectivity index (χ0) is 12.1. The fourth-order valence-corrected chi connectivity index (χ4v) is 2.38. The third-order valence-electron chi connectivity index (χ3n) is 3.59. The lowest BCUT2D eigenvalue weighted by atomic mass is 10.1. The molecule has 0 aromatic heterocycles. The van der Waals surface area contributed by atoms with Gasteiger partial charge in [0.2, 0.25) is 0 Å². The normalized spacial score (nSPS) is 20.9. The number of nitrogens with zero attached hydrogens (tertiary/aromatic N) is 1. The van der Waals surface area contributed by atoms with Crippen LogP contribution < -0.4 is 5.32 Å². The van der Waals surface area contributed by atoms with E-state index in [9.17, 15) is 0 Å². The molecule has 0 amide bonds. The zero-order valence-electron chi connectivity index (χ0n) is 10.5. The Labute approximate surface area is 103 Å². The molecule has 1 heterocycles. The van der Waals surface area contributed by atoms with E-state index in [1.54, 1.807) is 0 Å². The zero-order valence-corrected chi connectivity index (χ0v) is 10.5. The van der Waals surface area contributed by atoms with E-state index in [0.717, 1.165) is 18.7 Å². The summed E-state index contributed by atoms with van der Waals surface area (Å²) in [6, 6.07) is 8.83. The molecular weight excluding hydrogens is 212 g/mol. The second kappa shape index (κ2) is 6.15. The van der Waals surface area contributed by atoms with Crippen molar-refractivity contribution < 1.29 is 5.11 Å². The monoisotopic (exact) mass is 234 g/mol. The van der Waals surface area contributed by atoms with Crippen LogP contribution in [0.15, 0.2) is 24.3 Å². The van der Waals surface area contributed by atoms with Crippen LogP contribution >= 0.6 is 0 Å². The fourth-order valence-electron chi connectivity index (χ4n) is 2.38. The van der Waals surface area contributed by atoms with Crippen LogP contribution in [0.25, 0.3) is 0 Å². The number of likely N-dealkylation sites (tertiary alicyclic amines) is 1. The number of hydrogen-bond donors (Lipinski definition) is 2. The van der Waals surface area contributed by atoms with Crippen LogP contribution in [0.2, 0.25) is 0 Å². The summed E-state index contributed by atoms with van der Waals surface area (Å²) >= 11 is 0. The summed E-state index contributed by atoms with van der Waals surface area (Å²) in [5.41, 5.74) is 2.26.